The first-order valence-corrected chi connectivity index (χ1v) is 8.64. The first-order chi connectivity index (χ1) is 11.9. The van der Waals surface area contributed by atoms with Crippen LogP contribution in [0.5, 0.6) is 17.2 Å². The second kappa shape index (κ2) is 10.9. The zero-order valence-electron chi connectivity index (χ0n) is 15.9. The summed E-state index contributed by atoms with van der Waals surface area (Å²) >= 11 is 0. The Hall–Kier alpha value is -1.79. The minimum atomic E-state index is -0.625. The van der Waals surface area contributed by atoms with Crippen molar-refractivity contribution in [2.45, 2.75) is 45.8 Å². The molecule has 25 heavy (non-hydrogen) atoms. The van der Waals surface area contributed by atoms with Crippen molar-refractivity contribution in [1.82, 2.24) is 5.32 Å². The second-order valence-electron chi connectivity index (χ2n) is 6.55. The van der Waals surface area contributed by atoms with Gasteiger partial charge in [0.1, 0.15) is 36.2 Å². The number of carbonyl (C=O) groups excluding carboxylic acids is 1. The first kappa shape index (κ1) is 21.3. The maximum absolute atomic E-state index is 10.8. The van der Waals surface area contributed by atoms with Gasteiger partial charge >= 0.3 is 0 Å². The van der Waals surface area contributed by atoms with Crippen molar-refractivity contribution in [3.05, 3.63) is 17.7 Å². The number of hydrogen-bond donors (Lipinski definition) is 2. The molecule has 1 rings (SSSR count). The molecule has 0 fully saturated rings. The van der Waals surface area contributed by atoms with Crippen molar-refractivity contribution >= 4 is 6.29 Å². The molecule has 6 nitrogen and oxygen atoms in total. The van der Waals surface area contributed by atoms with Crippen LogP contribution in [0.2, 0.25) is 0 Å². The van der Waals surface area contributed by atoms with E-state index in [1.807, 2.05) is 20.8 Å². The van der Waals surface area contributed by atoms with Crippen LogP contribution in [0.4, 0.5) is 0 Å². The number of nitrogens with one attached hydrogen (secondary N) is 1. The first-order valence-electron chi connectivity index (χ1n) is 8.64. The molecule has 0 radical (unpaired) electrons. The lowest BCUT2D eigenvalue weighted by molar-refractivity contribution is -0.108. The van der Waals surface area contributed by atoms with Crippen molar-refractivity contribution in [3.63, 3.8) is 0 Å². The highest BCUT2D eigenvalue weighted by molar-refractivity contribution is 5.53. The molecule has 0 aliphatic heterocycles. The van der Waals surface area contributed by atoms with Gasteiger partial charge in [-0.05, 0) is 12.3 Å². The molecule has 0 amide bonds. The normalized spacial score (nSPS) is 13.4. The van der Waals surface area contributed by atoms with Crippen molar-refractivity contribution in [3.8, 4) is 17.2 Å². The van der Waals surface area contributed by atoms with Crippen LogP contribution in [-0.4, -0.2) is 50.9 Å². The molecule has 0 heterocycles. The molecule has 0 spiro atoms. The molecule has 0 bridgehead atoms. The van der Waals surface area contributed by atoms with E-state index in [1.54, 1.807) is 26.4 Å². The molecule has 0 saturated heterocycles. The summed E-state index contributed by atoms with van der Waals surface area (Å²) in [5, 5.41) is 13.2. The van der Waals surface area contributed by atoms with Crippen LogP contribution in [0.3, 0.4) is 0 Å². The van der Waals surface area contributed by atoms with Crippen molar-refractivity contribution < 1.29 is 24.1 Å². The SMILES string of the molecule is COc1cc(OC)c(C[C@H](C)CC=O)c(OCC(O)CNC(C)C)c1. The Bertz CT molecular complexity index is 533. The zero-order valence-corrected chi connectivity index (χ0v) is 15.9. The molecule has 142 valence electrons. The van der Waals surface area contributed by atoms with Crippen LogP contribution in [0.15, 0.2) is 12.1 Å². The van der Waals surface area contributed by atoms with Crippen LogP contribution < -0.4 is 19.5 Å². The maximum Gasteiger partial charge on any atom is 0.130 e. The smallest absolute Gasteiger partial charge is 0.130 e. The summed E-state index contributed by atoms with van der Waals surface area (Å²) in [5.41, 5.74) is 0.877. The number of hydrogen-bond acceptors (Lipinski definition) is 6. The molecule has 0 aliphatic carbocycles. The third-order valence-electron chi connectivity index (χ3n) is 3.84. The van der Waals surface area contributed by atoms with E-state index in [2.05, 4.69) is 5.32 Å². The lowest BCUT2D eigenvalue weighted by Gasteiger charge is -2.20. The Labute approximate surface area is 150 Å². The van der Waals surface area contributed by atoms with Gasteiger partial charge in [-0.15, -0.1) is 0 Å². The van der Waals surface area contributed by atoms with Gasteiger partial charge in [0.25, 0.3) is 0 Å². The van der Waals surface area contributed by atoms with E-state index in [4.69, 9.17) is 14.2 Å². The fraction of sp³-hybridized carbons (Fsp3) is 0.632. The Morgan fingerprint density at radius 3 is 2.40 bits per heavy atom. The van der Waals surface area contributed by atoms with Gasteiger partial charge in [-0.2, -0.15) is 0 Å². The van der Waals surface area contributed by atoms with Gasteiger partial charge < -0.3 is 29.4 Å². The summed E-state index contributed by atoms with van der Waals surface area (Å²) < 4.78 is 16.6. The summed E-state index contributed by atoms with van der Waals surface area (Å²) in [6.45, 7) is 6.66. The Morgan fingerprint density at radius 2 is 1.84 bits per heavy atom. The van der Waals surface area contributed by atoms with E-state index < -0.39 is 6.10 Å². The number of aldehydes is 1. The molecular weight excluding hydrogens is 322 g/mol. The lowest BCUT2D eigenvalue weighted by atomic mass is 9.97. The highest BCUT2D eigenvalue weighted by Crippen LogP contribution is 2.36. The average Bonchev–Trinajstić information content (AvgIpc) is 2.58. The molecule has 6 heteroatoms. The van der Waals surface area contributed by atoms with Crippen molar-refractivity contribution in [1.29, 1.82) is 0 Å². The number of aliphatic hydroxyl groups is 1. The maximum atomic E-state index is 10.8. The van der Waals surface area contributed by atoms with Gasteiger partial charge in [-0.25, -0.2) is 0 Å². The van der Waals surface area contributed by atoms with E-state index in [0.717, 1.165) is 11.8 Å². The molecule has 0 saturated carbocycles. The van der Waals surface area contributed by atoms with E-state index >= 15 is 0 Å². The minimum Gasteiger partial charge on any atom is -0.496 e. The summed E-state index contributed by atoms with van der Waals surface area (Å²) in [6, 6.07) is 3.88. The summed E-state index contributed by atoms with van der Waals surface area (Å²) in [5.74, 6) is 2.04. The lowest BCUT2D eigenvalue weighted by Crippen LogP contribution is -2.35. The Morgan fingerprint density at radius 1 is 1.16 bits per heavy atom. The molecular formula is C19H31NO5. The predicted molar refractivity (Wildman–Crippen MR) is 97.7 cm³/mol. The second-order valence-corrected chi connectivity index (χ2v) is 6.55. The molecule has 1 unspecified atom stereocenters. The van der Waals surface area contributed by atoms with Gasteiger partial charge in [-0.3, -0.25) is 0 Å². The summed E-state index contributed by atoms with van der Waals surface area (Å²) in [4.78, 5) is 10.8. The molecule has 2 N–H and O–H groups in total. The Kier molecular flexibility index (Phi) is 9.31. The third-order valence-corrected chi connectivity index (χ3v) is 3.84. The number of rotatable bonds is 12. The average molecular weight is 353 g/mol. The monoisotopic (exact) mass is 353 g/mol. The van der Waals surface area contributed by atoms with E-state index in [1.165, 1.54) is 0 Å². The van der Waals surface area contributed by atoms with Gasteiger partial charge in [0.15, 0.2) is 0 Å². The number of benzene rings is 1. The Balaban J connectivity index is 2.94. The fourth-order valence-electron chi connectivity index (χ4n) is 2.44. The largest absolute Gasteiger partial charge is 0.496 e. The molecule has 2 atom stereocenters. The van der Waals surface area contributed by atoms with Crippen LogP contribution in [0, 0.1) is 5.92 Å². The van der Waals surface area contributed by atoms with Crippen LogP contribution in [0.25, 0.3) is 0 Å². The molecule has 0 aliphatic rings. The third kappa shape index (κ3) is 7.32. The summed E-state index contributed by atoms with van der Waals surface area (Å²) in [7, 11) is 3.17. The zero-order chi connectivity index (χ0) is 18.8. The molecule has 1 aromatic rings. The van der Waals surface area contributed by atoms with Crippen molar-refractivity contribution in [2.75, 3.05) is 27.4 Å². The van der Waals surface area contributed by atoms with Crippen molar-refractivity contribution in [2.24, 2.45) is 5.92 Å². The highest BCUT2D eigenvalue weighted by atomic mass is 16.5. The van der Waals surface area contributed by atoms with Gasteiger partial charge in [0.05, 0.1) is 14.2 Å². The highest BCUT2D eigenvalue weighted by Gasteiger charge is 2.18. The number of aliphatic hydroxyl groups excluding tert-OH is 1. The standard InChI is InChI=1S/C19H31NO5/c1-13(2)20-11-15(22)12-25-19-10-16(23-4)9-18(24-5)17(19)8-14(3)6-7-21/h7,9-10,13-15,20,22H,6,8,11-12H2,1-5H3/t14-,15?/m1/s1. The topological polar surface area (TPSA) is 77.0 Å². The quantitative estimate of drug-likeness (QED) is 0.561. The molecule has 1 aromatic carbocycles. The number of methoxy groups -OCH3 is 2. The van der Waals surface area contributed by atoms with Crippen LogP contribution in [-0.2, 0) is 11.2 Å². The van der Waals surface area contributed by atoms with Gasteiger partial charge in [0.2, 0.25) is 0 Å². The summed E-state index contributed by atoms with van der Waals surface area (Å²) in [6.07, 6.45) is 1.40. The van der Waals surface area contributed by atoms with E-state index in [-0.39, 0.29) is 12.5 Å². The van der Waals surface area contributed by atoms with Gasteiger partial charge in [-0.1, -0.05) is 20.8 Å². The van der Waals surface area contributed by atoms with Crippen LogP contribution in [0.1, 0.15) is 32.8 Å². The predicted octanol–water partition coefficient (Wildman–Crippen LogP) is 2.21. The fourth-order valence-corrected chi connectivity index (χ4v) is 2.44. The van der Waals surface area contributed by atoms with E-state index in [9.17, 15) is 9.90 Å². The van der Waals surface area contributed by atoms with Crippen LogP contribution >= 0.6 is 0 Å². The number of ether oxygens (including phenoxy) is 3. The molecule has 0 aromatic heterocycles. The number of carbonyl (C=O) groups is 1. The van der Waals surface area contributed by atoms with E-state index in [0.29, 0.717) is 42.7 Å². The van der Waals surface area contributed by atoms with Gasteiger partial charge in [0, 0.05) is 36.7 Å². The minimum absolute atomic E-state index is 0.158.